The third-order valence-corrected chi connectivity index (χ3v) is 4.23. The fourth-order valence-electron chi connectivity index (χ4n) is 2.75. The van der Waals surface area contributed by atoms with Gasteiger partial charge in [-0.05, 0) is 18.6 Å². The summed E-state index contributed by atoms with van der Waals surface area (Å²) in [5.74, 6) is 1.07. The highest BCUT2D eigenvalue weighted by molar-refractivity contribution is 6.30. The number of hydrogen-bond donors (Lipinski definition) is 2. The summed E-state index contributed by atoms with van der Waals surface area (Å²) < 4.78 is 6.60. The number of nitrogens with zero attached hydrogens (tertiary/aromatic N) is 3. The van der Waals surface area contributed by atoms with Gasteiger partial charge >= 0.3 is 0 Å². The normalized spacial score (nSPS) is 10.7. The van der Waals surface area contributed by atoms with Crippen LogP contribution in [0.5, 0.6) is 5.75 Å². The van der Waals surface area contributed by atoms with Crippen molar-refractivity contribution in [2.24, 2.45) is 0 Å². The van der Waals surface area contributed by atoms with Crippen LogP contribution in [-0.2, 0) is 13.0 Å². The topological polar surface area (TPSA) is 95.2 Å². The first-order chi connectivity index (χ1) is 12.6. The van der Waals surface area contributed by atoms with E-state index in [1.54, 1.807) is 19.2 Å². The smallest absolute Gasteiger partial charge is 0.272 e. The molecular formula is C18H18ClN5O2. The predicted octanol–water partition coefficient (Wildman–Crippen LogP) is 3.12. The van der Waals surface area contributed by atoms with Crippen molar-refractivity contribution in [2.75, 3.05) is 12.4 Å². The number of benzene rings is 1. The highest BCUT2D eigenvalue weighted by atomic mass is 35.5. The average Bonchev–Trinajstić information content (AvgIpc) is 2.99. The maximum absolute atomic E-state index is 12.3. The first-order valence-corrected chi connectivity index (χ1v) is 8.56. The molecule has 3 rings (SSSR count). The lowest BCUT2D eigenvalue weighted by molar-refractivity contribution is 0.410. The molecule has 0 spiro atoms. The third-order valence-electron chi connectivity index (χ3n) is 3.99. The largest absolute Gasteiger partial charge is 0.496 e. The number of aryl methyl sites for hydroxylation is 1. The van der Waals surface area contributed by atoms with Gasteiger partial charge in [0.05, 0.1) is 7.11 Å². The molecule has 0 fully saturated rings. The zero-order valence-electron chi connectivity index (χ0n) is 14.5. The molecule has 0 aliphatic carbocycles. The molecule has 2 heterocycles. The minimum atomic E-state index is -0.243. The second-order valence-corrected chi connectivity index (χ2v) is 6.21. The van der Waals surface area contributed by atoms with Crippen molar-refractivity contribution in [1.82, 2.24) is 14.6 Å². The molecule has 2 N–H and O–H groups in total. The van der Waals surface area contributed by atoms with Crippen molar-refractivity contribution in [2.45, 2.75) is 26.3 Å². The van der Waals surface area contributed by atoms with Gasteiger partial charge in [-0.15, -0.1) is 0 Å². The molecule has 0 radical (unpaired) electrons. The Hall–Kier alpha value is -2.98. The second kappa shape index (κ2) is 7.50. The summed E-state index contributed by atoms with van der Waals surface area (Å²) >= 11 is 5.98. The van der Waals surface area contributed by atoms with Crippen molar-refractivity contribution in [3.05, 3.63) is 56.5 Å². The van der Waals surface area contributed by atoms with E-state index in [9.17, 15) is 10.1 Å². The quantitative estimate of drug-likeness (QED) is 0.694. The summed E-state index contributed by atoms with van der Waals surface area (Å²) in [6.45, 7) is 2.40. The maximum atomic E-state index is 12.3. The minimum Gasteiger partial charge on any atom is -0.496 e. The number of hydrogen-bond acceptors (Lipinski definition) is 5. The van der Waals surface area contributed by atoms with E-state index in [0.717, 1.165) is 12.0 Å². The van der Waals surface area contributed by atoms with E-state index in [4.69, 9.17) is 16.3 Å². The van der Waals surface area contributed by atoms with Crippen LogP contribution < -0.4 is 15.6 Å². The van der Waals surface area contributed by atoms with Crippen LogP contribution in [0.3, 0.4) is 0 Å². The van der Waals surface area contributed by atoms with Gasteiger partial charge < -0.3 is 10.1 Å². The molecule has 2 aromatic heterocycles. The Morgan fingerprint density at radius 1 is 1.42 bits per heavy atom. The van der Waals surface area contributed by atoms with E-state index in [2.05, 4.69) is 21.5 Å². The van der Waals surface area contributed by atoms with E-state index in [1.165, 1.54) is 10.6 Å². The number of aromatic nitrogens is 3. The van der Waals surface area contributed by atoms with Gasteiger partial charge in [0.25, 0.3) is 5.56 Å². The molecule has 134 valence electrons. The van der Waals surface area contributed by atoms with E-state index in [-0.39, 0.29) is 5.56 Å². The number of anilines is 1. The Morgan fingerprint density at radius 2 is 2.23 bits per heavy atom. The first-order valence-electron chi connectivity index (χ1n) is 8.18. The fourth-order valence-corrected chi connectivity index (χ4v) is 2.91. The van der Waals surface area contributed by atoms with Gasteiger partial charge in [-0.3, -0.25) is 9.89 Å². The predicted molar refractivity (Wildman–Crippen MR) is 99.9 cm³/mol. The highest BCUT2D eigenvalue weighted by Crippen LogP contribution is 2.25. The molecule has 0 unspecified atom stereocenters. The number of halogens is 1. The van der Waals surface area contributed by atoms with Crippen LogP contribution in [0.25, 0.3) is 5.65 Å². The summed E-state index contributed by atoms with van der Waals surface area (Å²) in [5.41, 5.74) is 1.93. The average molecular weight is 372 g/mol. The molecule has 8 heteroatoms. The van der Waals surface area contributed by atoms with Gasteiger partial charge in [0.2, 0.25) is 0 Å². The van der Waals surface area contributed by atoms with Crippen LogP contribution in [-0.4, -0.2) is 21.7 Å². The van der Waals surface area contributed by atoms with Crippen LogP contribution in [0.15, 0.2) is 29.1 Å². The minimum absolute atomic E-state index is 0.243. The molecule has 7 nitrogen and oxygen atoms in total. The van der Waals surface area contributed by atoms with Crippen LogP contribution >= 0.6 is 11.6 Å². The van der Waals surface area contributed by atoms with Crippen LogP contribution in [0.2, 0.25) is 5.02 Å². The van der Waals surface area contributed by atoms with Gasteiger partial charge in [-0.2, -0.15) is 9.78 Å². The fraction of sp³-hybridized carbons (Fsp3) is 0.278. The number of methoxy groups -OCH3 is 1. The summed E-state index contributed by atoms with van der Waals surface area (Å²) in [5, 5.41) is 16.2. The zero-order chi connectivity index (χ0) is 18.7. The Kier molecular flexibility index (Phi) is 5.14. The zero-order valence-corrected chi connectivity index (χ0v) is 15.2. The number of rotatable bonds is 6. The van der Waals surface area contributed by atoms with Crippen molar-refractivity contribution in [1.29, 1.82) is 5.26 Å². The second-order valence-electron chi connectivity index (χ2n) is 5.78. The van der Waals surface area contributed by atoms with Gasteiger partial charge in [-0.25, -0.2) is 4.98 Å². The van der Waals surface area contributed by atoms with E-state index >= 15 is 0 Å². The number of ether oxygens (including phenoxy) is 1. The van der Waals surface area contributed by atoms with Crippen LogP contribution in [0.4, 0.5) is 5.82 Å². The van der Waals surface area contributed by atoms with Crippen LogP contribution in [0, 0.1) is 11.3 Å². The Labute approximate surface area is 155 Å². The van der Waals surface area contributed by atoms with Gasteiger partial charge in [0.1, 0.15) is 23.2 Å². The standard InChI is InChI=1S/C18H18ClN5O2/c1-3-4-13-8-16(25)24-18(22-13)14(9-20)17(23-24)21-10-11-5-6-12(19)7-15(11)26-2/h5-8,21,23H,3-4,10H2,1-2H3. The molecule has 0 aliphatic heterocycles. The molecule has 0 atom stereocenters. The first kappa shape index (κ1) is 17.8. The molecule has 0 saturated heterocycles. The maximum Gasteiger partial charge on any atom is 0.272 e. The number of nitriles is 1. The van der Waals surface area contributed by atoms with Crippen molar-refractivity contribution in [3.63, 3.8) is 0 Å². The molecule has 0 saturated carbocycles. The highest BCUT2D eigenvalue weighted by Gasteiger charge is 2.15. The molecular weight excluding hydrogens is 354 g/mol. The molecule has 26 heavy (non-hydrogen) atoms. The molecule has 0 bridgehead atoms. The van der Waals surface area contributed by atoms with Gasteiger partial charge in [-0.1, -0.05) is 31.0 Å². The monoisotopic (exact) mass is 371 g/mol. The lowest BCUT2D eigenvalue weighted by Crippen LogP contribution is -2.15. The van der Waals surface area contributed by atoms with E-state index in [0.29, 0.717) is 46.5 Å². The summed E-state index contributed by atoms with van der Waals surface area (Å²) in [6, 6.07) is 8.93. The van der Waals surface area contributed by atoms with Crippen LogP contribution in [0.1, 0.15) is 30.2 Å². The number of aromatic amines is 1. The van der Waals surface area contributed by atoms with Gasteiger partial charge in [0.15, 0.2) is 5.65 Å². The number of fused-ring (bicyclic) bond motifs is 1. The Balaban J connectivity index is 1.97. The SMILES string of the molecule is CCCc1cc(=O)n2[nH]c(NCc3ccc(Cl)cc3OC)c(C#N)c2n1. The summed E-state index contributed by atoms with van der Waals surface area (Å²) in [6.07, 6.45) is 1.56. The summed E-state index contributed by atoms with van der Waals surface area (Å²) in [7, 11) is 1.57. The molecule has 3 aromatic rings. The third kappa shape index (κ3) is 3.37. The molecule has 1 aromatic carbocycles. The van der Waals surface area contributed by atoms with E-state index in [1.807, 2.05) is 13.0 Å². The molecule has 0 aliphatic rings. The van der Waals surface area contributed by atoms with Crippen molar-refractivity contribution < 1.29 is 4.74 Å². The molecule has 0 amide bonds. The van der Waals surface area contributed by atoms with Gasteiger partial charge in [0, 0.05) is 28.9 Å². The number of nitrogens with one attached hydrogen (secondary N) is 2. The van der Waals surface area contributed by atoms with Crippen molar-refractivity contribution >= 4 is 23.1 Å². The van der Waals surface area contributed by atoms with E-state index < -0.39 is 0 Å². The summed E-state index contributed by atoms with van der Waals surface area (Å²) in [4.78, 5) is 16.7. The lowest BCUT2D eigenvalue weighted by Gasteiger charge is -2.10. The number of H-pyrrole nitrogens is 1. The Morgan fingerprint density at radius 3 is 2.92 bits per heavy atom. The Bertz CT molecular complexity index is 1050. The lowest BCUT2D eigenvalue weighted by atomic mass is 10.2. The van der Waals surface area contributed by atoms with Crippen molar-refractivity contribution in [3.8, 4) is 11.8 Å².